The summed E-state index contributed by atoms with van der Waals surface area (Å²) < 4.78 is 1.26. The molecule has 2 aromatic carbocycles. The van der Waals surface area contributed by atoms with Crippen molar-refractivity contribution in [1.82, 2.24) is 4.98 Å². The van der Waals surface area contributed by atoms with Crippen molar-refractivity contribution in [2.75, 3.05) is 0 Å². The van der Waals surface area contributed by atoms with Crippen molar-refractivity contribution in [2.24, 2.45) is 0 Å². The maximum absolute atomic E-state index is 4.69. The van der Waals surface area contributed by atoms with E-state index in [2.05, 4.69) is 48.5 Å². The number of aromatic nitrogens is 1. The summed E-state index contributed by atoms with van der Waals surface area (Å²) in [5, 5.41) is 1.12. The molecule has 1 nitrogen and oxygen atoms in total. The standard InChI is InChI=1S/C17H13NS/c1-2-6-14-12(5-1)9-10-13(14)11-17-18-15-7-3-4-8-16(15)19-17/h1-8,11H,9-10H2/b13-11-. The van der Waals surface area contributed by atoms with Crippen LogP contribution in [0.15, 0.2) is 48.5 Å². The number of rotatable bonds is 1. The highest BCUT2D eigenvalue weighted by atomic mass is 32.1. The summed E-state index contributed by atoms with van der Waals surface area (Å²) in [6.45, 7) is 0. The Kier molecular flexibility index (Phi) is 2.49. The molecule has 0 unspecified atom stereocenters. The van der Waals surface area contributed by atoms with Crippen LogP contribution in [0.1, 0.15) is 22.6 Å². The third kappa shape index (κ3) is 1.89. The van der Waals surface area contributed by atoms with Crippen molar-refractivity contribution in [3.8, 4) is 0 Å². The van der Waals surface area contributed by atoms with E-state index in [-0.39, 0.29) is 0 Å². The topological polar surface area (TPSA) is 12.9 Å². The van der Waals surface area contributed by atoms with Crippen LogP contribution in [0.4, 0.5) is 0 Å². The minimum absolute atomic E-state index is 1.10. The largest absolute Gasteiger partial charge is 0.237 e. The van der Waals surface area contributed by atoms with Crippen molar-refractivity contribution >= 4 is 33.2 Å². The Bertz CT molecular complexity index is 750. The number of benzene rings is 2. The number of hydrogen-bond donors (Lipinski definition) is 0. The fourth-order valence-corrected chi connectivity index (χ4v) is 3.64. The molecule has 0 fully saturated rings. The summed E-state index contributed by atoms with van der Waals surface area (Å²) in [6.07, 6.45) is 4.55. The van der Waals surface area contributed by atoms with Gasteiger partial charge < -0.3 is 0 Å². The molecule has 0 N–H and O–H groups in total. The molecule has 0 bridgehead atoms. The summed E-state index contributed by atoms with van der Waals surface area (Å²) >= 11 is 1.77. The Hall–Kier alpha value is -1.93. The zero-order valence-electron chi connectivity index (χ0n) is 10.5. The Morgan fingerprint density at radius 3 is 2.74 bits per heavy atom. The lowest BCUT2D eigenvalue weighted by Gasteiger charge is -1.98. The lowest BCUT2D eigenvalue weighted by atomic mass is 10.1. The van der Waals surface area contributed by atoms with Crippen molar-refractivity contribution < 1.29 is 0 Å². The van der Waals surface area contributed by atoms with Gasteiger partial charge in [0.05, 0.1) is 10.2 Å². The molecule has 0 saturated heterocycles. The maximum Gasteiger partial charge on any atom is 0.117 e. The number of hydrogen-bond acceptors (Lipinski definition) is 2. The molecule has 3 aromatic rings. The molecule has 1 aromatic heterocycles. The van der Waals surface area contributed by atoms with Crippen LogP contribution < -0.4 is 0 Å². The second-order valence-electron chi connectivity index (χ2n) is 4.85. The first-order valence-electron chi connectivity index (χ1n) is 6.54. The third-order valence-corrected chi connectivity index (χ3v) is 4.62. The van der Waals surface area contributed by atoms with E-state index in [9.17, 15) is 0 Å². The molecule has 1 heterocycles. The van der Waals surface area contributed by atoms with Gasteiger partial charge in [0.1, 0.15) is 5.01 Å². The van der Waals surface area contributed by atoms with Gasteiger partial charge in [0.2, 0.25) is 0 Å². The van der Waals surface area contributed by atoms with Crippen LogP contribution >= 0.6 is 11.3 Å². The Morgan fingerprint density at radius 1 is 0.947 bits per heavy atom. The number of fused-ring (bicyclic) bond motifs is 2. The first-order valence-corrected chi connectivity index (χ1v) is 7.36. The van der Waals surface area contributed by atoms with E-state index in [1.54, 1.807) is 11.3 Å². The van der Waals surface area contributed by atoms with E-state index in [0.717, 1.165) is 23.4 Å². The quantitative estimate of drug-likeness (QED) is 0.615. The number of para-hydroxylation sites is 1. The van der Waals surface area contributed by atoms with E-state index in [0.29, 0.717) is 0 Å². The minimum Gasteiger partial charge on any atom is -0.237 e. The van der Waals surface area contributed by atoms with Crippen molar-refractivity contribution in [3.05, 3.63) is 64.7 Å². The normalized spacial score (nSPS) is 16.1. The van der Waals surface area contributed by atoms with Gasteiger partial charge in [-0.3, -0.25) is 0 Å². The maximum atomic E-state index is 4.69. The van der Waals surface area contributed by atoms with Crippen LogP contribution in [-0.2, 0) is 6.42 Å². The highest BCUT2D eigenvalue weighted by molar-refractivity contribution is 7.19. The van der Waals surface area contributed by atoms with Gasteiger partial charge in [-0.05, 0) is 47.8 Å². The summed E-state index contributed by atoms with van der Waals surface area (Å²) in [6, 6.07) is 17.0. The molecule has 0 amide bonds. The summed E-state index contributed by atoms with van der Waals surface area (Å²) in [7, 11) is 0. The fraction of sp³-hybridized carbons (Fsp3) is 0.118. The molecular weight excluding hydrogens is 250 g/mol. The molecule has 92 valence electrons. The molecule has 2 heteroatoms. The molecular formula is C17H13NS. The number of aryl methyl sites for hydroxylation is 1. The lowest BCUT2D eigenvalue weighted by molar-refractivity contribution is 1.08. The molecule has 1 aliphatic rings. The highest BCUT2D eigenvalue weighted by Gasteiger charge is 2.15. The molecule has 19 heavy (non-hydrogen) atoms. The second-order valence-corrected chi connectivity index (χ2v) is 5.91. The van der Waals surface area contributed by atoms with Gasteiger partial charge in [-0.2, -0.15) is 0 Å². The molecule has 0 spiro atoms. The van der Waals surface area contributed by atoms with Gasteiger partial charge in [0.25, 0.3) is 0 Å². The average Bonchev–Trinajstić information content (AvgIpc) is 3.03. The zero-order chi connectivity index (χ0) is 12.7. The van der Waals surface area contributed by atoms with Crippen LogP contribution in [0.5, 0.6) is 0 Å². The highest BCUT2D eigenvalue weighted by Crippen LogP contribution is 2.34. The first-order chi connectivity index (χ1) is 9.40. The number of allylic oxidation sites excluding steroid dienone is 1. The van der Waals surface area contributed by atoms with E-state index in [1.165, 1.54) is 21.4 Å². The van der Waals surface area contributed by atoms with E-state index in [1.807, 2.05) is 6.07 Å². The SMILES string of the molecule is C(=C1\CCc2ccccc21)/c1nc2ccccc2s1. The monoisotopic (exact) mass is 263 g/mol. The minimum atomic E-state index is 1.10. The molecule has 4 rings (SSSR count). The van der Waals surface area contributed by atoms with Gasteiger partial charge in [0.15, 0.2) is 0 Å². The van der Waals surface area contributed by atoms with E-state index < -0.39 is 0 Å². The Balaban J connectivity index is 1.80. The average molecular weight is 263 g/mol. The van der Waals surface area contributed by atoms with Gasteiger partial charge in [-0.15, -0.1) is 11.3 Å². The molecule has 0 atom stereocenters. The molecule has 0 aliphatic heterocycles. The molecule has 0 radical (unpaired) electrons. The lowest BCUT2D eigenvalue weighted by Crippen LogP contribution is -1.79. The first kappa shape index (κ1) is 10.9. The predicted octanol–water partition coefficient (Wildman–Crippen LogP) is 4.78. The number of thiazole rings is 1. The van der Waals surface area contributed by atoms with Crippen LogP contribution in [0.3, 0.4) is 0 Å². The Morgan fingerprint density at radius 2 is 1.79 bits per heavy atom. The summed E-state index contributed by atoms with van der Waals surface area (Å²) in [5.41, 5.74) is 5.40. The van der Waals surface area contributed by atoms with Gasteiger partial charge in [-0.1, -0.05) is 36.4 Å². The fourth-order valence-electron chi connectivity index (χ4n) is 2.71. The summed E-state index contributed by atoms with van der Waals surface area (Å²) in [4.78, 5) is 4.69. The number of nitrogens with zero attached hydrogens (tertiary/aromatic N) is 1. The Labute approximate surface area is 116 Å². The third-order valence-electron chi connectivity index (χ3n) is 3.64. The molecule has 1 aliphatic carbocycles. The summed E-state index contributed by atoms with van der Waals surface area (Å²) in [5.74, 6) is 0. The van der Waals surface area contributed by atoms with Gasteiger partial charge >= 0.3 is 0 Å². The predicted molar refractivity (Wildman–Crippen MR) is 82.3 cm³/mol. The zero-order valence-corrected chi connectivity index (χ0v) is 11.3. The van der Waals surface area contributed by atoms with Gasteiger partial charge in [-0.25, -0.2) is 4.98 Å². The van der Waals surface area contributed by atoms with Crippen molar-refractivity contribution in [1.29, 1.82) is 0 Å². The van der Waals surface area contributed by atoms with Crippen LogP contribution in [0, 0.1) is 0 Å². The van der Waals surface area contributed by atoms with E-state index in [4.69, 9.17) is 4.98 Å². The van der Waals surface area contributed by atoms with Crippen LogP contribution in [-0.4, -0.2) is 4.98 Å². The van der Waals surface area contributed by atoms with Crippen LogP contribution in [0.25, 0.3) is 21.9 Å². The van der Waals surface area contributed by atoms with Crippen LogP contribution in [0.2, 0.25) is 0 Å². The second kappa shape index (κ2) is 4.32. The van der Waals surface area contributed by atoms with E-state index >= 15 is 0 Å². The molecule has 0 saturated carbocycles. The smallest absolute Gasteiger partial charge is 0.117 e. The van der Waals surface area contributed by atoms with Crippen molar-refractivity contribution in [3.63, 3.8) is 0 Å². The van der Waals surface area contributed by atoms with Crippen molar-refractivity contribution in [2.45, 2.75) is 12.8 Å². The van der Waals surface area contributed by atoms with Gasteiger partial charge in [0, 0.05) is 0 Å².